The molecule has 62 valence electrons. The molecule has 1 aliphatic rings. The van der Waals surface area contributed by atoms with E-state index in [2.05, 4.69) is 4.98 Å². The highest BCUT2D eigenvalue weighted by atomic mass is 16.6. The van der Waals surface area contributed by atoms with Crippen molar-refractivity contribution in [2.75, 3.05) is 13.2 Å². The van der Waals surface area contributed by atoms with Crippen molar-refractivity contribution in [2.45, 2.75) is 0 Å². The third-order valence-electron chi connectivity index (χ3n) is 1.57. The molecule has 0 bridgehead atoms. The van der Waals surface area contributed by atoms with Crippen LogP contribution in [0.3, 0.4) is 0 Å². The van der Waals surface area contributed by atoms with Crippen molar-refractivity contribution in [3.05, 3.63) is 36.4 Å². The van der Waals surface area contributed by atoms with Gasteiger partial charge in [-0.2, -0.15) is 0 Å². The molecule has 0 N–H and O–H groups in total. The number of nitrogens with zero attached hydrogens (tertiary/aromatic N) is 1. The van der Waals surface area contributed by atoms with E-state index in [0.717, 1.165) is 5.69 Å². The van der Waals surface area contributed by atoms with Gasteiger partial charge in [-0.1, -0.05) is 6.07 Å². The van der Waals surface area contributed by atoms with Gasteiger partial charge < -0.3 is 9.47 Å². The molecule has 1 aromatic rings. The molecule has 0 saturated heterocycles. The van der Waals surface area contributed by atoms with Gasteiger partial charge in [-0.15, -0.1) is 0 Å². The summed E-state index contributed by atoms with van der Waals surface area (Å²) in [5.74, 6) is 0.710. The molecule has 0 aliphatic carbocycles. The van der Waals surface area contributed by atoms with Gasteiger partial charge in [0.2, 0.25) is 0 Å². The lowest BCUT2D eigenvalue weighted by atomic mass is 10.3. The molecule has 0 aromatic carbocycles. The van der Waals surface area contributed by atoms with Gasteiger partial charge in [-0.3, -0.25) is 4.98 Å². The molecule has 12 heavy (non-hydrogen) atoms. The van der Waals surface area contributed by atoms with E-state index in [1.165, 1.54) is 0 Å². The highest BCUT2D eigenvalue weighted by Crippen LogP contribution is 2.15. The van der Waals surface area contributed by atoms with E-state index in [0.29, 0.717) is 19.0 Å². The predicted molar refractivity (Wildman–Crippen MR) is 44.1 cm³/mol. The molecule has 1 aliphatic heterocycles. The molecule has 0 fully saturated rings. The maximum absolute atomic E-state index is 5.34. The molecule has 0 unspecified atom stereocenters. The molecule has 3 nitrogen and oxygen atoms in total. The summed E-state index contributed by atoms with van der Waals surface area (Å²) < 4.78 is 10.4. The fourth-order valence-corrected chi connectivity index (χ4v) is 1.01. The number of rotatable bonds is 1. The van der Waals surface area contributed by atoms with Crippen LogP contribution in [-0.2, 0) is 9.47 Å². The van der Waals surface area contributed by atoms with Crippen molar-refractivity contribution >= 4 is 5.76 Å². The second-order valence-electron chi connectivity index (χ2n) is 2.42. The van der Waals surface area contributed by atoms with Crippen LogP contribution in [-0.4, -0.2) is 18.2 Å². The number of hydrogen-bond donors (Lipinski definition) is 0. The summed E-state index contributed by atoms with van der Waals surface area (Å²) in [4.78, 5) is 4.13. The van der Waals surface area contributed by atoms with Gasteiger partial charge >= 0.3 is 0 Å². The van der Waals surface area contributed by atoms with Crippen LogP contribution in [0.15, 0.2) is 30.7 Å². The monoisotopic (exact) mass is 163 g/mol. The molecule has 0 spiro atoms. The molecule has 3 heteroatoms. The summed E-state index contributed by atoms with van der Waals surface area (Å²) in [5.41, 5.74) is 0.817. The van der Waals surface area contributed by atoms with Gasteiger partial charge in [0, 0.05) is 6.20 Å². The Hall–Kier alpha value is -1.51. The van der Waals surface area contributed by atoms with Crippen molar-refractivity contribution in [3.63, 3.8) is 0 Å². The molecule has 0 saturated carbocycles. The quantitative estimate of drug-likeness (QED) is 0.627. The maximum Gasteiger partial charge on any atom is 0.179 e. The number of ether oxygens (including phenoxy) is 2. The van der Waals surface area contributed by atoms with Crippen molar-refractivity contribution in [2.24, 2.45) is 0 Å². The first-order chi connectivity index (χ1) is 5.97. The van der Waals surface area contributed by atoms with Crippen molar-refractivity contribution in [3.8, 4) is 0 Å². The van der Waals surface area contributed by atoms with E-state index in [4.69, 9.17) is 9.47 Å². The second-order valence-corrected chi connectivity index (χ2v) is 2.42. The second kappa shape index (κ2) is 3.26. The van der Waals surface area contributed by atoms with Gasteiger partial charge in [-0.25, -0.2) is 0 Å². The molecule has 0 amide bonds. The standard InChI is InChI=1S/C9H9NO2/c1-2-4-10-8(3-1)9-7-11-5-6-12-9/h1-4,7H,5-6H2. The largest absolute Gasteiger partial charge is 0.494 e. The maximum atomic E-state index is 5.34. The first-order valence-electron chi connectivity index (χ1n) is 3.83. The van der Waals surface area contributed by atoms with Crippen LogP contribution < -0.4 is 0 Å². The zero-order chi connectivity index (χ0) is 8.23. The van der Waals surface area contributed by atoms with E-state index < -0.39 is 0 Å². The highest BCUT2D eigenvalue weighted by Gasteiger charge is 2.07. The predicted octanol–water partition coefficient (Wildman–Crippen LogP) is 1.43. The molecule has 2 rings (SSSR count). The summed E-state index contributed by atoms with van der Waals surface area (Å²) in [6.07, 6.45) is 3.33. The smallest absolute Gasteiger partial charge is 0.179 e. The van der Waals surface area contributed by atoms with Gasteiger partial charge in [0.25, 0.3) is 0 Å². The summed E-state index contributed by atoms with van der Waals surface area (Å²) in [6, 6.07) is 5.68. The number of aromatic nitrogens is 1. The highest BCUT2D eigenvalue weighted by molar-refractivity contribution is 5.54. The molecule has 0 atom stereocenters. The van der Waals surface area contributed by atoms with E-state index >= 15 is 0 Å². The van der Waals surface area contributed by atoms with Gasteiger partial charge in [0.05, 0.1) is 0 Å². The van der Waals surface area contributed by atoms with Crippen LogP contribution in [0.5, 0.6) is 0 Å². The Labute approximate surface area is 70.6 Å². The summed E-state index contributed by atoms with van der Waals surface area (Å²) in [7, 11) is 0. The fourth-order valence-electron chi connectivity index (χ4n) is 1.01. The van der Waals surface area contributed by atoms with Crippen molar-refractivity contribution < 1.29 is 9.47 Å². The van der Waals surface area contributed by atoms with E-state index in [9.17, 15) is 0 Å². The summed E-state index contributed by atoms with van der Waals surface area (Å²) in [6.45, 7) is 1.22. The zero-order valence-electron chi connectivity index (χ0n) is 6.56. The SMILES string of the molecule is C1=C(c2ccccn2)OCCO1. The van der Waals surface area contributed by atoms with Crippen LogP contribution in [0.4, 0.5) is 0 Å². The van der Waals surface area contributed by atoms with Crippen LogP contribution in [0.25, 0.3) is 5.76 Å². The topological polar surface area (TPSA) is 31.4 Å². The Morgan fingerprint density at radius 1 is 1.25 bits per heavy atom. The Kier molecular flexibility index (Phi) is 1.94. The lowest BCUT2D eigenvalue weighted by molar-refractivity contribution is 0.125. The number of hydrogen-bond acceptors (Lipinski definition) is 3. The van der Waals surface area contributed by atoms with Gasteiger partial charge in [0.1, 0.15) is 25.2 Å². The molecular weight excluding hydrogens is 154 g/mol. The van der Waals surface area contributed by atoms with E-state index in [-0.39, 0.29) is 0 Å². The normalized spacial score (nSPS) is 15.8. The van der Waals surface area contributed by atoms with Crippen LogP contribution in [0.1, 0.15) is 5.69 Å². The van der Waals surface area contributed by atoms with Crippen LogP contribution in [0, 0.1) is 0 Å². The van der Waals surface area contributed by atoms with Crippen molar-refractivity contribution in [1.82, 2.24) is 4.98 Å². The zero-order valence-corrected chi connectivity index (χ0v) is 6.56. The van der Waals surface area contributed by atoms with E-state index in [1.807, 2.05) is 18.2 Å². The fraction of sp³-hybridized carbons (Fsp3) is 0.222. The summed E-state index contributed by atoms with van der Waals surface area (Å²) in [5, 5.41) is 0. The minimum atomic E-state index is 0.600. The van der Waals surface area contributed by atoms with Crippen LogP contribution >= 0.6 is 0 Å². The lowest BCUT2D eigenvalue weighted by Gasteiger charge is -2.14. The van der Waals surface area contributed by atoms with Gasteiger partial charge in [-0.05, 0) is 12.1 Å². The third-order valence-corrected chi connectivity index (χ3v) is 1.57. The molecule has 2 heterocycles. The Morgan fingerprint density at radius 3 is 2.92 bits per heavy atom. The minimum absolute atomic E-state index is 0.600. The Bertz CT molecular complexity index is 282. The van der Waals surface area contributed by atoms with Crippen LogP contribution in [0.2, 0.25) is 0 Å². The van der Waals surface area contributed by atoms with Gasteiger partial charge in [0.15, 0.2) is 5.76 Å². The summed E-state index contributed by atoms with van der Waals surface area (Å²) >= 11 is 0. The first kappa shape index (κ1) is 7.16. The molecular formula is C9H9NO2. The van der Waals surface area contributed by atoms with E-state index in [1.54, 1.807) is 12.5 Å². The number of pyridine rings is 1. The average Bonchev–Trinajstić information content (AvgIpc) is 2.21. The third kappa shape index (κ3) is 1.39. The molecule has 1 aromatic heterocycles. The lowest BCUT2D eigenvalue weighted by Crippen LogP contribution is -2.08. The average molecular weight is 163 g/mol. The molecule has 0 radical (unpaired) electrons. The Balaban J connectivity index is 2.24. The van der Waals surface area contributed by atoms with Crippen molar-refractivity contribution in [1.29, 1.82) is 0 Å². The Morgan fingerprint density at radius 2 is 2.25 bits per heavy atom. The first-order valence-corrected chi connectivity index (χ1v) is 3.83. The minimum Gasteiger partial charge on any atom is -0.494 e.